The van der Waals surface area contributed by atoms with Gasteiger partial charge in [-0.25, -0.2) is 15.0 Å². The Hall–Kier alpha value is -7.21. The average molecular weight is 734 g/mol. The molecule has 262 valence electrons. The van der Waals surface area contributed by atoms with E-state index in [1.54, 1.807) is 0 Å². The van der Waals surface area contributed by atoms with Gasteiger partial charge in [0.15, 0.2) is 17.5 Å². The maximum absolute atomic E-state index is 6.45. The SMILES string of the molecule is c1ccc(-c2ccc(-c3nc(-c4ccccc4)nc(-c4ccc5c(c4)oc4ccc(-c6ccc(-c7ccc8c(c7)sc7ccccc78)cc6)cc45)n3)cc2)cc1. The summed E-state index contributed by atoms with van der Waals surface area (Å²) in [6.07, 6.45) is 0. The summed E-state index contributed by atoms with van der Waals surface area (Å²) >= 11 is 1.85. The third kappa shape index (κ3) is 5.74. The summed E-state index contributed by atoms with van der Waals surface area (Å²) in [5.41, 5.74) is 11.4. The molecule has 8 aromatic carbocycles. The summed E-state index contributed by atoms with van der Waals surface area (Å²) in [5, 5.41) is 4.76. The molecule has 0 aliphatic rings. The third-order valence-electron chi connectivity index (χ3n) is 10.6. The smallest absolute Gasteiger partial charge is 0.164 e. The minimum atomic E-state index is 0.593. The van der Waals surface area contributed by atoms with Gasteiger partial charge in [0.2, 0.25) is 0 Å². The van der Waals surface area contributed by atoms with Gasteiger partial charge in [-0.2, -0.15) is 0 Å². The van der Waals surface area contributed by atoms with Gasteiger partial charge in [0.1, 0.15) is 11.2 Å². The van der Waals surface area contributed by atoms with E-state index < -0.39 is 0 Å². The van der Waals surface area contributed by atoms with Crippen LogP contribution in [0.1, 0.15) is 0 Å². The standard InChI is InChI=1S/C51H31N3OS/c1-3-9-32(10-4-1)33-19-21-37(22-20-33)50-52-49(36-11-5-2-6-12-36)53-51(54-50)40-24-26-41-44-29-38(25-28-45(44)55-46(41)30-40)34-15-17-35(18-16-34)39-23-27-43-42-13-7-8-14-47(42)56-48(43)31-39/h1-31H. The maximum Gasteiger partial charge on any atom is 0.164 e. The van der Waals surface area contributed by atoms with E-state index in [0.29, 0.717) is 17.5 Å². The summed E-state index contributed by atoms with van der Waals surface area (Å²) < 4.78 is 9.09. The Balaban J connectivity index is 0.925. The molecule has 0 N–H and O–H groups in total. The van der Waals surface area contributed by atoms with Gasteiger partial charge in [-0.1, -0.05) is 152 Å². The van der Waals surface area contributed by atoms with Crippen molar-refractivity contribution in [1.82, 2.24) is 15.0 Å². The number of aromatic nitrogens is 3. The van der Waals surface area contributed by atoms with Crippen LogP contribution >= 0.6 is 11.3 Å². The number of benzene rings is 8. The van der Waals surface area contributed by atoms with Crippen LogP contribution < -0.4 is 0 Å². The van der Waals surface area contributed by atoms with Crippen molar-refractivity contribution in [1.29, 1.82) is 0 Å². The van der Waals surface area contributed by atoms with Crippen molar-refractivity contribution in [2.24, 2.45) is 0 Å². The van der Waals surface area contributed by atoms with E-state index in [0.717, 1.165) is 55.3 Å². The molecule has 0 spiro atoms. The second-order valence-electron chi connectivity index (χ2n) is 14.0. The van der Waals surface area contributed by atoms with Crippen LogP contribution in [0.3, 0.4) is 0 Å². The molecule has 11 rings (SSSR count). The lowest BCUT2D eigenvalue weighted by molar-refractivity contribution is 0.669. The minimum absolute atomic E-state index is 0.593. The average Bonchev–Trinajstić information content (AvgIpc) is 3.84. The van der Waals surface area contributed by atoms with Crippen LogP contribution in [0.15, 0.2) is 192 Å². The summed E-state index contributed by atoms with van der Waals surface area (Å²) in [6.45, 7) is 0. The number of fused-ring (bicyclic) bond motifs is 6. The molecule has 3 heterocycles. The molecule has 0 aliphatic heterocycles. The Kier molecular flexibility index (Phi) is 7.64. The van der Waals surface area contributed by atoms with Crippen molar-refractivity contribution in [3.05, 3.63) is 188 Å². The van der Waals surface area contributed by atoms with E-state index in [1.807, 2.05) is 53.8 Å². The highest BCUT2D eigenvalue weighted by atomic mass is 32.1. The number of hydrogen-bond donors (Lipinski definition) is 0. The molecule has 0 radical (unpaired) electrons. The summed E-state index contributed by atoms with van der Waals surface area (Å²) in [6, 6.07) is 65.8. The van der Waals surface area contributed by atoms with Crippen molar-refractivity contribution in [2.75, 3.05) is 0 Å². The summed E-state index contributed by atoms with van der Waals surface area (Å²) in [4.78, 5) is 14.9. The highest BCUT2D eigenvalue weighted by molar-refractivity contribution is 7.25. The van der Waals surface area contributed by atoms with E-state index in [1.165, 1.54) is 36.9 Å². The fourth-order valence-electron chi connectivity index (χ4n) is 7.65. The predicted octanol–water partition coefficient (Wildman–Crippen LogP) is 14.1. The zero-order valence-electron chi connectivity index (χ0n) is 30.1. The molecule has 4 nitrogen and oxygen atoms in total. The van der Waals surface area contributed by atoms with Gasteiger partial charge in [-0.15, -0.1) is 11.3 Å². The zero-order chi connectivity index (χ0) is 37.0. The highest BCUT2D eigenvalue weighted by Gasteiger charge is 2.16. The second-order valence-corrected chi connectivity index (χ2v) is 15.1. The van der Waals surface area contributed by atoms with Crippen LogP contribution in [0.5, 0.6) is 0 Å². The van der Waals surface area contributed by atoms with Crippen LogP contribution in [0.25, 0.3) is 110 Å². The van der Waals surface area contributed by atoms with E-state index in [4.69, 9.17) is 19.4 Å². The van der Waals surface area contributed by atoms with Crippen LogP contribution in [0, 0.1) is 0 Å². The molecule has 0 bridgehead atoms. The summed E-state index contributed by atoms with van der Waals surface area (Å²) in [5.74, 6) is 1.84. The van der Waals surface area contributed by atoms with Gasteiger partial charge < -0.3 is 4.42 Å². The number of rotatable bonds is 6. The predicted molar refractivity (Wildman–Crippen MR) is 233 cm³/mol. The van der Waals surface area contributed by atoms with Crippen LogP contribution in [0.2, 0.25) is 0 Å². The van der Waals surface area contributed by atoms with Gasteiger partial charge in [-0.05, 0) is 69.8 Å². The van der Waals surface area contributed by atoms with Gasteiger partial charge in [0, 0.05) is 47.6 Å². The first kappa shape index (κ1) is 32.2. The van der Waals surface area contributed by atoms with E-state index in [9.17, 15) is 0 Å². The Morgan fingerprint density at radius 1 is 0.286 bits per heavy atom. The van der Waals surface area contributed by atoms with Crippen LogP contribution in [-0.4, -0.2) is 15.0 Å². The van der Waals surface area contributed by atoms with Crippen molar-refractivity contribution in [3.8, 4) is 67.5 Å². The first-order valence-electron chi connectivity index (χ1n) is 18.7. The number of nitrogens with zero attached hydrogens (tertiary/aromatic N) is 3. The Labute approximate surface area is 327 Å². The molecule has 0 unspecified atom stereocenters. The maximum atomic E-state index is 6.45. The second kappa shape index (κ2) is 13.3. The fraction of sp³-hybridized carbons (Fsp3) is 0. The Bertz CT molecular complexity index is 3220. The van der Waals surface area contributed by atoms with Gasteiger partial charge in [0.05, 0.1) is 0 Å². The largest absolute Gasteiger partial charge is 0.456 e. The molecular formula is C51H31N3OS. The number of hydrogen-bond acceptors (Lipinski definition) is 5. The van der Waals surface area contributed by atoms with Gasteiger partial charge >= 0.3 is 0 Å². The molecular weight excluding hydrogens is 703 g/mol. The normalized spacial score (nSPS) is 11.6. The van der Waals surface area contributed by atoms with E-state index in [2.05, 4.69) is 146 Å². The molecule has 0 fully saturated rings. The molecule has 5 heteroatoms. The molecule has 0 amide bonds. The molecule has 3 aromatic heterocycles. The molecule has 0 atom stereocenters. The molecule has 0 saturated heterocycles. The monoisotopic (exact) mass is 733 g/mol. The molecule has 56 heavy (non-hydrogen) atoms. The number of thiophene rings is 1. The zero-order valence-corrected chi connectivity index (χ0v) is 30.9. The Morgan fingerprint density at radius 2 is 0.750 bits per heavy atom. The van der Waals surface area contributed by atoms with Crippen molar-refractivity contribution in [3.63, 3.8) is 0 Å². The minimum Gasteiger partial charge on any atom is -0.456 e. The summed E-state index contributed by atoms with van der Waals surface area (Å²) in [7, 11) is 0. The highest BCUT2D eigenvalue weighted by Crippen LogP contribution is 2.38. The topological polar surface area (TPSA) is 51.8 Å². The van der Waals surface area contributed by atoms with Crippen molar-refractivity contribution < 1.29 is 4.42 Å². The lowest BCUT2D eigenvalue weighted by Crippen LogP contribution is -2.00. The first-order valence-corrected chi connectivity index (χ1v) is 19.5. The molecule has 11 aromatic rings. The lowest BCUT2D eigenvalue weighted by atomic mass is 9.98. The number of furan rings is 1. The van der Waals surface area contributed by atoms with Gasteiger partial charge in [0.25, 0.3) is 0 Å². The van der Waals surface area contributed by atoms with E-state index >= 15 is 0 Å². The van der Waals surface area contributed by atoms with E-state index in [-0.39, 0.29) is 0 Å². The quantitative estimate of drug-likeness (QED) is 0.171. The van der Waals surface area contributed by atoms with Crippen molar-refractivity contribution in [2.45, 2.75) is 0 Å². The first-order chi connectivity index (χ1) is 27.7. The fourth-order valence-corrected chi connectivity index (χ4v) is 8.79. The van der Waals surface area contributed by atoms with Crippen LogP contribution in [0.4, 0.5) is 0 Å². The third-order valence-corrected chi connectivity index (χ3v) is 11.7. The lowest BCUT2D eigenvalue weighted by Gasteiger charge is -2.09. The van der Waals surface area contributed by atoms with Crippen LogP contribution in [-0.2, 0) is 0 Å². The Morgan fingerprint density at radius 3 is 1.46 bits per heavy atom. The molecule has 0 saturated carbocycles. The molecule has 0 aliphatic carbocycles. The van der Waals surface area contributed by atoms with Gasteiger partial charge in [-0.3, -0.25) is 0 Å². The van der Waals surface area contributed by atoms with Crippen molar-refractivity contribution >= 4 is 53.4 Å².